The summed E-state index contributed by atoms with van der Waals surface area (Å²) in [5.74, 6) is 0.466. The van der Waals surface area contributed by atoms with Crippen LogP contribution in [0, 0.1) is 6.92 Å². The average molecular weight is 362 g/mol. The van der Waals surface area contributed by atoms with Crippen molar-refractivity contribution in [1.29, 1.82) is 0 Å². The van der Waals surface area contributed by atoms with E-state index in [0.717, 1.165) is 17.4 Å². The van der Waals surface area contributed by atoms with Crippen molar-refractivity contribution >= 4 is 21.6 Å². The Morgan fingerprint density at radius 2 is 1.76 bits per heavy atom. The van der Waals surface area contributed by atoms with Crippen LogP contribution in [0.1, 0.15) is 34.5 Å². The lowest BCUT2D eigenvalue weighted by molar-refractivity contribution is 0.0939. The Bertz CT molecular complexity index is 861. The molecule has 0 aromatic heterocycles. The van der Waals surface area contributed by atoms with Crippen LogP contribution in [0.2, 0.25) is 0 Å². The third kappa shape index (κ3) is 5.22. The summed E-state index contributed by atoms with van der Waals surface area (Å²) in [6.07, 6.45) is 1.07. The van der Waals surface area contributed by atoms with E-state index in [-0.39, 0.29) is 11.9 Å². The first-order chi connectivity index (χ1) is 11.7. The first kappa shape index (κ1) is 18.8. The molecule has 134 valence electrons. The molecule has 0 fully saturated rings. The molecular weight excluding hydrogens is 340 g/mol. The summed E-state index contributed by atoms with van der Waals surface area (Å²) < 4.78 is 30.1. The van der Waals surface area contributed by atoms with E-state index >= 15 is 0 Å². The predicted octanol–water partition coefficient (Wildman–Crippen LogP) is 2.87. The number of rotatable bonds is 6. The molecule has 0 spiro atoms. The Morgan fingerprint density at radius 3 is 2.32 bits per heavy atom. The van der Waals surface area contributed by atoms with Gasteiger partial charge in [-0.3, -0.25) is 9.52 Å². The summed E-state index contributed by atoms with van der Waals surface area (Å²) in [6, 6.07) is 11.8. The standard InChI is InChI=1S/C18H22N2O4S/c1-12-5-10-17(24-3)16(11-12)13(2)19-18(21)14-6-8-15(9-7-14)20-25(4,22)23/h5-11,13,20H,1-4H3,(H,19,21)/t13-/m0/s1. The van der Waals surface area contributed by atoms with Gasteiger partial charge < -0.3 is 10.1 Å². The fourth-order valence-electron chi connectivity index (χ4n) is 2.45. The van der Waals surface area contributed by atoms with Crippen molar-refractivity contribution in [3.05, 3.63) is 59.2 Å². The van der Waals surface area contributed by atoms with E-state index < -0.39 is 10.0 Å². The number of carbonyl (C=O) groups is 1. The lowest BCUT2D eigenvalue weighted by atomic mass is 10.0. The number of ether oxygens (including phenoxy) is 1. The maximum atomic E-state index is 12.4. The molecule has 0 aliphatic heterocycles. The molecule has 0 saturated carbocycles. The molecule has 2 aromatic rings. The Labute approximate surface area is 148 Å². The van der Waals surface area contributed by atoms with Crippen molar-refractivity contribution in [2.75, 3.05) is 18.1 Å². The number of benzene rings is 2. The van der Waals surface area contributed by atoms with Crippen molar-refractivity contribution in [3.63, 3.8) is 0 Å². The molecule has 0 saturated heterocycles. The van der Waals surface area contributed by atoms with Gasteiger partial charge in [-0.25, -0.2) is 8.42 Å². The van der Waals surface area contributed by atoms with Gasteiger partial charge in [0.2, 0.25) is 10.0 Å². The lowest BCUT2D eigenvalue weighted by Crippen LogP contribution is -2.27. The van der Waals surface area contributed by atoms with Gasteiger partial charge in [-0.2, -0.15) is 0 Å². The number of carbonyl (C=O) groups excluding carboxylic acids is 1. The van der Waals surface area contributed by atoms with E-state index in [1.54, 1.807) is 31.4 Å². The Kier molecular flexibility index (Phi) is 5.69. The maximum Gasteiger partial charge on any atom is 0.251 e. The average Bonchev–Trinajstić information content (AvgIpc) is 2.53. The number of nitrogens with one attached hydrogen (secondary N) is 2. The van der Waals surface area contributed by atoms with E-state index in [1.165, 1.54) is 0 Å². The van der Waals surface area contributed by atoms with Crippen LogP contribution in [0.15, 0.2) is 42.5 Å². The van der Waals surface area contributed by atoms with E-state index in [0.29, 0.717) is 17.0 Å². The predicted molar refractivity (Wildman–Crippen MR) is 98.5 cm³/mol. The number of anilines is 1. The number of sulfonamides is 1. The normalized spacial score (nSPS) is 12.3. The largest absolute Gasteiger partial charge is 0.496 e. The molecule has 0 heterocycles. The first-order valence-electron chi connectivity index (χ1n) is 7.73. The summed E-state index contributed by atoms with van der Waals surface area (Å²) in [5.41, 5.74) is 2.82. The van der Waals surface area contributed by atoms with Gasteiger partial charge >= 0.3 is 0 Å². The summed E-state index contributed by atoms with van der Waals surface area (Å²) in [5, 5.41) is 2.92. The molecule has 7 heteroatoms. The second-order valence-electron chi connectivity index (χ2n) is 5.89. The topological polar surface area (TPSA) is 84.5 Å². The highest BCUT2D eigenvalue weighted by Crippen LogP contribution is 2.26. The van der Waals surface area contributed by atoms with Gasteiger partial charge in [0.05, 0.1) is 19.4 Å². The molecule has 0 aliphatic rings. The van der Waals surface area contributed by atoms with Gasteiger partial charge in [-0.1, -0.05) is 17.7 Å². The lowest BCUT2D eigenvalue weighted by Gasteiger charge is -2.18. The van der Waals surface area contributed by atoms with Crippen LogP contribution in [0.3, 0.4) is 0 Å². The molecule has 1 amide bonds. The smallest absolute Gasteiger partial charge is 0.251 e. The summed E-state index contributed by atoms with van der Waals surface area (Å²) in [6.45, 7) is 3.86. The van der Waals surface area contributed by atoms with Crippen LogP contribution in [-0.4, -0.2) is 27.7 Å². The number of methoxy groups -OCH3 is 1. The molecule has 2 N–H and O–H groups in total. The fraction of sp³-hybridized carbons (Fsp3) is 0.278. The molecule has 6 nitrogen and oxygen atoms in total. The summed E-state index contributed by atoms with van der Waals surface area (Å²) in [4.78, 5) is 12.4. The zero-order valence-electron chi connectivity index (χ0n) is 14.7. The minimum absolute atomic E-state index is 0.240. The Morgan fingerprint density at radius 1 is 1.12 bits per heavy atom. The maximum absolute atomic E-state index is 12.4. The first-order valence-corrected chi connectivity index (χ1v) is 9.62. The van der Waals surface area contributed by atoms with Crippen molar-refractivity contribution in [3.8, 4) is 5.75 Å². The zero-order valence-corrected chi connectivity index (χ0v) is 15.5. The molecule has 0 unspecified atom stereocenters. The number of aryl methyl sites for hydroxylation is 1. The monoisotopic (exact) mass is 362 g/mol. The van der Waals surface area contributed by atoms with Gasteiger partial charge in [0.25, 0.3) is 5.91 Å². The van der Waals surface area contributed by atoms with Crippen LogP contribution < -0.4 is 14.8 Å². The second kappa shape index (κ2) is 7.57. The second-order valence-corrected chi connectivity index (χ2v) is 7.64. The Balaban J connectivity index is 2.12. The van der Waals surface area contributed by atoms with Gasteiger partial charge in [0.15, 0.2) is 0 Å². The molecule has 0 bridgehead atoms. The van der Waals surface area contributed by atoms with Crippen LogP contribution in [0.4, 0.5) is 5.69 Å². The molecule has 0 radical (unpaired) electrons. The van der Waals surface area contributed by atoms with Gasteiger partial charge in [-0.15, -0.1) is 0 Å². The van der Waals surface area contributed by atoms with Gasteiger partial charge in [0, 0.05) is 16.8 Å². The highest BCUT2D eigenvalue weighted by atomic mass is 32.2. The molecule has 2 rings (SSSR count). The molecule has 0 aliphatic carbocycles. The quantitative estimate of drug-likeness (QED) is 0.827. The molecule has 1 atom stereocenters. The van der Waals surface area contributed by atoms with E-state index in [2.05, 4.69) is 10.0 Å². The van der Waals surface area contributed by atoms with Gasteiger partial charge in [-0.05, 0) is 44.2 Å². The fourth-order valence-corrected chi connectivity index (χ4v) is 3.02. The highest BCUT2D eigenvalue weighted by Gasteiger charge is 2.15. The number of hydrogen-bond acceptors (Lipinski definition) is 4. The minimum atomic E-state index is -3.34. The van der Waals surface area contributed by atoms with E-state index in [1.807, 2.05) is 32.0 Å². The summed E-state index contributed by atoms with van der Waals surface area (Å²) >= 11 is 0. The van der Waals surface area contributed by atoms with Crippen LogP contribution in [0.25, 0.3) is 0 Å². The van der Waals surface area contributed by atoms with Crippen LogP contribution in [-0.2, 0) is 10.0 Å². The molecular formula is C18H22N2O4S. The van der Waals surface area contributed by atoms with Crippen molar-refractivity contribution in [2.45, 2.75) is 19.9 Å². The third-order valence-corrected chi connectivity index (χ3v) is 4.26. The molecule has 25 heavy (non-hydrogen) atoms. The van der Waals surface area contributed by atoms with Crippen molar-refractivity contribution in [1.82, 2.24) is 5.32 Å². The van der Waals surface area contributed by atoms with E-state index in [4.69, 9.17) is 4.74 Å². The molecule has 2 aromatic carbocycles. The van der Waals surface area contributed by atoms with Crippen molar-refractivity contribution < 1.29 is 17.9 Å². The highest BCUT2D eigenvalue weighted by molar-refractivity contribution is 7.92. The third-order valence-electron chi connectivity index (χ3n) is 3.65. The van der Waals surface area contributed by atoms with Crippen LogP contribution >= 0.6 is 0 Å². The van der Waals surface area contributed by atoms with E-state index in [9.17, 15) is 13.2 Å². The number of amides is 1. The minimum Gasteiger partial charge on any atom is -0.496 e. The van der Waals surface area contributed by atoms with Crippen LogP contribution in [0.5, 0.6) is 5.75 Å². The number of hydrogen-bond donors (Lipinski definition) is 2. The van der Waals surface area contributed by atoms with Crippen molar-refractivity contribution in [2.24, 2.45) is 0 Å². The SMILES string of the molecule is COc1ccc(C)cc1[C@H](C)NC(=O)c1ccc(NS(C)(=O)=O)cc1. The summed E-state index contributed by atoms with van der Waals surface area (Å²) in [7, 11) is -1.75. The zero-order chi connectivity index (χ0) is 18.6. The Hall–Kier alpha value is -2.54. The van der Waals surface area contributed by atoms with Gasteiger partial charge in [0.1, 0.15) is 5.75 Å².